The van der Waals surface area contributed by atoms with Crippen molar-refractivity contribution in [1.29, 1.82) is 0 Å². The van der Waals surface area contributed by atoms with Crippen molar-refractivity contribution in [2.45, 2.75) is 64.1 Å². The predicted octanol–water partition coefficient (Wildman–Crippen LogP) is 3.65. The van der Waals surface area contributed by atoms with E-state index in [2.05, 4.69) is 5.16 Å². The van der Waals surface area contributed by atoms with Crippen LogP contribution in [0.5, 0.6) is 0 Å². The Bertz CT molecular complexity index is 575. The van der Waals surface area contributed by atoms with Gasteiger partial charge < -0.3 is 15.7 Å². The third-order valence-electron chi connectivity index (χ3n) is 4.11. The molecule has 0 heterocycles. The second-order valence-electron chi connectivity index (χ2n) is 7.16. The number of carbonyl (C=O) groups excluding carboxylic acids is 1. The van der Waals surface area contributed by atoms with Gasteiger partial charge in [-0.15, -0.1) is 0 Å². The van der Waals surface area contributed by atoms with Crippen molar-refractivity contribution >= 4 is 11.9 Å². The van der Waals surface area contributed by atoms with Gasteiger partial charge in [0.25, 0.3) is 0 Å². The number of hydrogen-bond donors (Lipinski definition) is 2. The van der Waals surface area contributed by atoms with E-state index in [1.165, 1.54) is 0 Å². The third-order valence-corrected chi connectivity index (χ3v) is 4.11. The molecule has 0 unspecified atom stereocenters. The van der Waals surface area contributed by atoms with Crippen molar-refractivity contribution in [3.63, 3.8) is 0 Å². The first kappa shape index (κ1) is 18.1. The highest BCUT2D eigenvalue weighted by molar-refractivity contribution is 5.89. The van der Waals surface area contributed by atoms with E-state index in [-0.39, 0.29) is 11.9 Å². The van der Waals surface area contributed by atoms with Gasteiger partial charge >= 0.3 is 6.09 Å². The molecule has 0 saturated heterocycles. The van der Waals surface area contributed by atoms with Crippen LogP contribution in [0.15, 0.2) is 35.5 Å². The van der Waals surface area contributed by atoms with Crippen LogP contribution < -0.4 is 5.73 Å². The lowest BCUT2D eigenvalue weighted by Crippen LogP contribution is -2.48. The molecule has 0 aliphatic heterocycles. The summed E-state index contributed by atoms with van der Waals surface area (Å²) in [4.78, 5) is 14.5. The molecular weight excluding hydrogens is 306 g/mol. The second-order valence-corrected chi connectivity index (χ2v) is 7.16. The molecule has 1 aliphatic rings. The number of nitrogens with two attached hydrogens (primary N) is 1. The van der Waals surface area contributed by atoms with E-state index in [9.17, 15) is 10.0 Å². The van der Waals surface area contributed by atoms with Gasteiger partial charge in [0.2, 0.25) is 0 Å². The first-order chi connectivity index (χ1) is 11.3. The molecule has 1 aromatic carbocycles. The Morgan fingerprint density at radius 1 is 1.29 bits per heavy atom. The number of ether oxygens (including phenoxy) is 1. The number of benzene rings is 1. The van der Waals surface area contributed by atoms with Gasteiger partial charge in [-0.1, -0.05) is 48.3 Å². The van der Waals surface area contributed by atoms with Crippen molar-refractivity contribution in [1.82, 2.24) is 4.90 Å². The van der Waals surface area contributed by atoms with Crippen LogP contribution in [0.3, 0.4) is 0 Å². The Kier molecular flexibility index (Phi) is 5.70. The summed E-state index contributed by atoms with van der Waals surface area (Å²) in [6.45, 7) is 5.50. The molecule has 132 valence electrons. The Balaban J connectivity index is 2.42. The van der Waals surface area contributed by atoms with Crippen molar-refractivity contribution in [2.24, 2.45) is 10.9 Å². The summed E-state index contributed by atoms with van der Waals surface area (Å²) in [6.07, 6.45) is 3.46. The van der Waals surface area contributed by atoms with Crippen molar-refractivity contribution in [3.8, 4) is 0 Å². The molecule has 1 aliphatic carbocycles. The fraction of sp³-hybridized carbons (Fsp3) is 0.556. The molecule has 0 bridgehead atoms. The Morgan fingerprint density at radius 3 is 2.38 bits per heavy atom. The monoisotopic (exact) mass is 333 g/mol. The van der Waals surface area contributed by atoms with E-state index in [4.69, 9.17) is 10.5 Å². The number of rotatable bonds is 4. The molecule has 3 N–H and O–H groups in total. The third kappa shape index (κ3) is 4.40. The van der Waals surface area contributed by atoms with Gasteiger partial charge in [0.05, 0.1) is 0 Å². The van der Waals surface area contributed by atoms with E-state index in [1.807, 2.05) is 51.1 Å². The predicted molar refractivity (Wildman–Crippen MR) is 92.9 cm³/mol. The molecule has 1 saturated carbocycles. The van der Waals surface area contributed by atoms with Gasteiger partial charge in [-0.3, -0.25) is 4.90 Å². The Labute approximate surface area is 143 Å². The minimum atomic E-state index is -0.644. The highest BCUT2D eigenvalue weighted by Crippen LogP contribution is 2.33. The molecule has 0 radical (unpaired) electrons. The lowest BCUT2D eigenvalue weighted by molar-refractivity contribution is 0.0113. The number of oxime groups is 1. The Morgan fingerprint density at radius 2 is 1.88 bits per heavy atom. The maximum atomic E-state index is 12.9. The molecule has 1 aromatic rings. The number of hydrogen-bond acceptors (Lipinski definition) is 4. The van der Waals surface area contributed by atoms with Crippen LogP contribution in [0, 0.1) is 0 Å². The van der Waals surface area contributed by atoms with Gasteiger partial charge in [0.1, 0.15) is 11.6 Å². The summed E-state index contributed by atoms with van der Waals surface area (Å²) in [7, 11) is 0. The maximum absolute atomic E-state index is 12.9. The van der Waals surface area contributed by atoms with Crippen molar-refractivity contribution in [2.75, 3.05) is 0 Å². The first-order valence-corrected chi connectivity index (χ1v) is 8.37. The highest BCUT2D eigenvalue weighted by atomic mass is 16.6. The maximum Gasteiger partial charge on any atom is 0.411 e. The number of amides is 1. The standard InChI is InChI=1S/C18H27N3O3/c1-18(2,3)24-17(22)21(14-11-7-8-12-14)15(16(19)20-23)13-9-5-4-6-10-13/h4-6,9-10,14-15,23H,7-8,11-12H2,1-3H3,(H2,19,20)/t15-/m0/s1. The first-order valence-electron chi connectivity index (χ1n) is 8.37. The second kappa shape index (κ2) is 7.55. The molecule has 6 nitrogen and oxygen atoms in total. The fourth-order valence-corrected chi connectivity index (χ4v) is 3.13. The van der Waals surface area contributed by atoms with Crippen molar-refractivity contribution < 1.29 is 14.7 Å². The minimum Gasteiger partial charge on any atom is -0.444 e. The molecular formula is C18H27N3O3. The summed E-state index contributed by atoms with van der Waals surface area (Å²) in [5.41, 5.74) is 6.16. The molecule has 0 aromatic heterocycles. The molecule has 6 heteroatoms. The van der Waals surface area contributed by atoms with E-state index in [0.717, 1.165) is 31.2 Å². The molecule has 1 amide bonds. The number of carbonyl (C=O) groups is 1. The summed E-state index contributed by atoms with van der Waals surface area (Å²) < 4.78 is 5.60. The zero-order valence-electron chi connectivity index (χ0n) is 14.6. The van der Waals surface area contributed by atoms with Gasteiger partial charge in [0, 0.05) is 6.04 Å². The zero-order valence-corrected chi connectivity index (χ0v) is 14.6. The van der Waals surface area contributed by atoms with Crippen LogP contribution in [-0.2, 0) is 4.74 Å². The summed E-state index contributed by atoms with van der Waals surface area (Å²) in [5, 5.41) is 12.4. The van der Waals surface area contributed by atoms with Crippen LogP contribution in [-0.4, -0.2) is 33.7 Å². The van der Waals surface area contributed by atoms with Crippen LogP contribution in [0.2, 0.25) is 0 Å². The van der Waals surface area contributed by atoms with Crippen LogP contribution in [0.4, 0.5) is 4.79 Å². The van der Waals surface area contributed by atoms with Crippen LogP contribution in [0.1, 0.15) is 58.1 Å². The molecule has 24 heavy (non-hydrogen) atoms. The number of amidine groups is 1. The lowest BCUT2D eigenvalue weighted by atomic mass is 10.0. The molecule has 1 atom stereocenters. The molecule has 2 rings (SSSR count). The summed E-state index contributed by atoms with van der Waals surface area (Å²) in [5.74, 6) is -0.0149. The van der Waals surface area contributed by atoms with Gasteiger partial charge in [0.15, 0.2) is 5.84 Å². The average Bonchev–Trinajstić information content (AvgIpc) is 3.04. The molecule has 0 spiro atoms. The quantitative estimate of drug-likeness (QED) is 0.381. The SMILES string of the molecule is CC(C)(C)OC(=O)N(C1CCCC1)[C@H](C(N)=NO)c1ccccc1. The largest absolute Gasteiger partial charge is 0.444 e. The van der Waals surface area contributed by atoms with E-state index in [0.29, 0.717) is 0 Å². The highest BCUT2D eigenvalue weighted by Gasteiger charge is 2.38. The van der Waals surface area contributed by atoms with Crippen LogP contribution in [0.25, 0.3) is 0 Å². The van der Waals surface area contributed by atoms with Gasteiger partial charge in [-0.25, -0.2) is 4.79 Å². The smallest absolute Gasteiger partial charge is 0.411 e. The van der Waals surface area contributed by atoms with E-state index >= 15 is 0 Å². The zero-order chi connectivity index (χ0) is 17.7. The lowest BCUT2D eigenvalue weighted by Gasteiger charge is -2.37. The topological polar surface area (TPSA) is 88.2 Å². The van der Waals surface area contributed by atoms with Gasteiger partial charge in [-0.2, -0.15) is 0 Å². The summed E-state index contributed by atoms with van der Waals surface area (Å²) in [6, 6.07) is 8.74. The Hall–Kier alpha value is -2.24. The van der Waals surface area contributed by atoms with E-state index < -0.39 is 17.7 Å². The van der Waals surface area contributed by atoms with E-state index in [1.54, 1.807) is 4.90 Å². The van der Waals surface area contributed by atoms with Gasteiger partial charge in [-0.05, 0) is 39.2 Å². The van der Waals surface area contributed by atoms with Crippen LogP contribution >= 0.6 is 0 Å². The minimum absolute atomic E-state index is 0.0149. The fourth-order valence-electron chi connectivity index (χ4n) is 3.13. The number of nitrogens with zero attached hydrogens (tertiary/aromatic N) is 2. The summed E-state index contributed by atoms with van der Waals surface area (Å²) >= 11 is 0. The average molecular weight is 333 g/mol. The molecule has 1 fully saturated rings. The normalized spacial score (nSPS) is 17.5. The van der Waals surface area contributed by atoms with Crippen molar-refractivity contribution in [3.05, 3.63) is 35.9 Å².